The van der Waals surface area contributed by atoms with Gasteiger partial charge in [0, 0.05) is 24.2 Å². The van der Waals surface area contributed by atoms with Gasteiger partial charge in [0.25, 0.3) is 0 Å². The van der Waals surface area contributed by atoms with Gasteiger partial charge in [-0.05, 0) is 35.9 Å². The van der Waals surface area contributed by atoms with E-state index in [0.717, 1.165) is 0 Å². The number of benzene rings is 2. The van der Waals surface area contributed by atoms with Gasteiger partial charge in [-0.15, -0.1) is 0 Å². The third-order valence-electron chi connectivity index (χ3n) is 4.95. The maximum atomic E-state index is 13.8. The Hall–Kier alpha value is -3.81. The SMILES string of the molecule is COc1ccc(C2CC(=O)Nc3c(C(=O)O)cn(-c4cccc(F)c4)c32)cc1O. The van der Waals surface area contributed by atoms with Crippen molar-refractivity contribution in [1.29, 1.82) is 0 Å². The van der Waals surface area contributed by atoms with Gasteiger partial charge in [-0.2, -0.15) is 0 Å². The van der Waals surface area contributed by atoms with Crippen molar-refractivity contribution in [3.05, 3.63) is 71.3 Å². The van der Waals surface area contributed by atoms with E-state index in [4.69, 9.17) is 4.74 Å². The molecule has 4 rings (SSSR count). The largest absolute Gasteiger partial charge is 0.504 e. The van der Waals surface area contributed by atoms with E-state index >= 15 is 0 Å². The van der Waals surface area contributed by atoms with Crippen molar-refractivity contribution >= 4 is 17.6 Å². The number of phenols is 1. The molecule has 7 nitrogen and oxygen atoms in total. The van der Waals surface area contributed by atoms with E-state index in [0.29, 0.717) is 16.9 Å². The quantitative estimate of drug-likeness (QED) is 0.627. The number of carbonyl (C=O) groups excluding carboxylic acids is 1. The molecule has 2 heterocycles. The Kier molecular flexibility index (Phi) is 4.46. The number of nitrogens with zero attached hydrogens (tertiary/aromatic N) is 1. The molecule has 3 N–H and O–H groups in total. The number of aromatic carboxylic acids is 1. The summed E-state index contributed by atoms with van der Waals surface area (Å²) in [5, 5.41) is 22.4. The fraction of sp³-hybridized carbons (Fsp3) is 0.143. The summed E-state index contributed by atoms with van der Waals surface area (Å²) in [4.78, 5) is 24.1. The van der Waals surface area contributed by atoms with Crippen LogP contribution in [-0.2, 0) is 4.79 Å². The Balaban J connectivity index is 1.95. The van der Waals surface area contributed by atoms with Crippen LogP contribution in [0.15, 0.2) is 48.7 Å². The molecule has 148 valence electrons. The number of halogens is 1. The zero-order valence-corrected chi connectivity index (χ0v) is 15.3. The summed E-state index contributed by atoms with van der Waals surface area (Å²) in [6.45, 7) is 0. The average Bonchev–Trinajstić information content (AvgIpc) is 3.07. The molecule has 1 unspecified atom stereocenters. The van der Waals surface area contributed by atoms with Crippen molar-refractivity contribution in [2.24, 2.45) is 0 Å². The number of methoxy groups -OCH3 is 1. The van der Waals surface area contributed by atoms with Crippen molar-refractivity contribution in [1.82, 2.24) is 4.57 Å². The summed E-state index contributed by atoms with van der Waals surface area (Å²) in [7, 11) is 1.43. The van der Waals surface area contributed by atoms with Crippen LogP contribution in [0.25, 0.3) is 5.69 Å². The lowest BCUT2D eigenvalue weighted by Crippen LogP contribution is -2.25. The number of aromatic hydroxyl groups is 1. The number of carboxylic acid groups (broad SMARTS) is 1. The number of ether oxygens (including phenoxy) is 1. The van der Waals surface area contributed by atoms with Gasteiger partial charge >= 0.3 is 5.97 Å². The second-order valence-electron chi connectivity index (χ2n) is 6.69. The Labute approximate surface area is 165 Å². The number of carboxylic acids is 1. The van der Waals surface area contributed by atoms with Gasteiger partial charge in [0.15, 0.2) is 11.5 Å². The molecule has 1 amide bonds. The van der Waals surface area contributed by atoms with Crippen LogP contribution in [0.2, 0.25) is 0 Å². The van der Waals surface area contributed by atoms with Crippen LogP contribution in [0.5, 0.6) is 11.5 Å². The number of nitrogens with one attached hydrogen (secondary N) is 1. The lowest BCUT2D eigenvalue weighted by atomic mass is 9.88. The smallest absolute Gasteiger partial charge is 0.339 e. The van der Waals surface area contributed by atoms with Gasteiger partial charge in [0.05, 0.1) is 18.5 Å². The molecule has 0 spiro atoms. The summed E-state index contributed by atoms with van der Waals surface area (Å²) in [6.07, 6.45) is 1.40. The fourth-order valence-corrected chi connectivity index (χ4v) is 3.67. The number of fused-ring (bicyclic) bond motifs is 1. The second-order valence-corrected chi connectivity index (χ2v) is 6.69. The number of carbonyl (C=O) groups is 2. The molecule has 1 aliphatic rings. The van der Waals surface area contributed by atoms with Crippen LogP contribution in [0.3, 0.4) is 0 Å². The van der Waals surface area contributed by atoms with Gasteiger partial charge < -0.3 is 24.8 Å². The van der Waals surface area contributed by atoms with Crippen LogP contribution in [-0.4, -0.2) is 33.8 Å². The normalized spacial score (nSPS) is 15.5. The number of aromatic nitrogens is 1. The van der Waals surface area contributed by atoms with Crippen LogP contribution in [0.1, 0.15) is 34.0 Å². The first-order valence-corrected chi connectivity index (χ1v) is 8.80. The molecular weight excluding hydrogens is 379 g/mol. The molecule has 0 aliphatic carbocycles. The van der Waals surface area contributed by atoms with Crippen molar-refractivity contribution in [2.45, 2.75) is 12.3 Å². The molecule has 0 fully saturated rings. The molecule has 1 atom stereocenters. The number of anilines is 1. The summed E-state index contributed by atoms with van der Waals surface area (Å²) in [6, 6.07) is 10.5. The number of hydrogen-bond acceptors (Lipinski definition) is 4. The number of rotatable bonds is 4. The van der Waals surface area contributed by atoms with Gasteiger partial charge in [-0.25, -0.2) is 9.18 Å². The zero-order valence-electron chi connectivity index (χ0n) is 15.3. The van der Waals surface area contributed by atoms with E-state index in [1.807, 2.05) is 0 Å². The molecule has 3 aromatic rings. The second kappa shape index (κ2) is 6.97. The standard InChI is InChI=1S/C21H17FN2O5/c1-29-17-6-5-11(7-16(17)25)14-9-18(26)23-19-15(21(27)28)10-24(20(14)19)13-4-2-3-12(22)8-13/h2-8,10,14,25H,9H2,1H3,(H,23,26)(H,27,28). The molecule has 1 aliphatic heterocycles. The van der Waals surface area contributed by atoms with Gasteiger partial charge in [-0.3, -0.25) is 4.79 Å². The minimum absolute atomic E-state index is 0.0388. The molecular formula is C21H17FN2O5. The first-order valence-electron chi connectivity index (χ1n) is 8.80. The molecule has 29 heavy (non-hydrogen) atoms. The highest BCUT2D eigenvalue weighted by atomic mass is 19.1. The van der Waals surface area contributed by atoms with E-state index in [2.05, 4.69) is 5.32 Å². The van der Waals surface area contributed by atoms with Gasteiger partial charge in [0.1, 0.15) is 11.4 Å². The monoisotopic (exact) mass is 396 g/mol. The predicted molar refractivity (Wildman–Crippen MR) is 102 cm³/mol. The molecule has 0 radical (unpaired) electrons. The van der Waals surface area contributed by atoms with Crippen LogP contribution >= 0.6 is 0 Å². The van der Waals surface area contributed by atoms with E-state index in [9.17, 15) is 24.2 Å². The van der Waals surface area contributed by atoms with Gasteiger partial charge in [0.2, 0.25) is 5.91 Å². The molecule has 0 saturated carbocycles. The number of phenolic OH excluding ortho intramolecular Hbond substituents is 1. The van der Waals surface area contributed by atoms with Crippen molar-refractivity contribution in [3.63, 3.8) is 0 Å². The van der Waals surface area contributed by atoms with E-state index in [-0.39, 0.29) is 35.1 Å². The highest BCUT2D eigenvalue weighted by molar-refractivity contribution is 6.04. The lowest BCUT2D eigenvalue weighted by Gasteiger charge is -2.26. The highest BCUT2D eigenvalue weighted by Crippen LogP contribution is 2.43. The molecule has 0 saturated heterocycles. The molecule has 8 heteroatoms. The first kappa shape index (κ1) is 18.5. The minimum Gasteiger partial charge on any atom is -0.504 e. The zero-order chi connectivity index (χ0) is 20.7. The van der Waals surface area contributed by atoms with Crippen LogP contribution in [0.4, 0.5) is 10.1 Å². The van der Waals surface area contributed by atoms with Crippen molar-refractivity contribution < 1.29 is 28.9 Å². The Bertz CT molecular complexity index is 1140. The molecule has 2 aromatic carbocycles. The summed E-state index contributed by atoms with van der Waals surface area (Å²) < 4.78 is 20.5. The average molecular weight is 396 g/mol. The number of amides is 1. The van der Waals surface area contributed by atoms with Crippen LogP contribution < -0.4 is 10.1 Å². The summed E-state index contributed by atoms with van der Waals surface area (Å²) in [5.74, 6) is -2.40. The lowest BCUT2D eigenvalue weighted by molar-refractivity contribution is -0.116. The highest BCUT2D eigenvalue weighted by Gasteiger charge is 2.34. The van der Waals surface area contributed by atoms with E-state index in [1.54, 1.807) is 22.8 Å². The maximum Gasteiger partial charge on any atom is 0.339 e. The summed E-state index contributed by atoms with van der Waals surface area (Å²) in [5.41, 5.74) is 1.59. The molecule has 1 aromatic heterocycles. The third-order valence-corrected chi connectivity index (χ3v) is 4.95. The van der Waals surface area contributed by atoms with E-state index in [1.165, 1.54) is 37.6 Å². The first-order chi connectivity index (χ1) is 13.9. The van der Waals surface area contributed by atoms with E-state index < -0.39 is 17.7 Å². The Morgan fingerprint density at radius 2 is 2.07 bits per heavy atom. The Morgan fingerprint density at radius 3 is 2.72 bits per heavy atom. The minimum atomic E-state index is -1.21. The maximum absolute atomic E-state index is 13.8. The summed E-state index contributed by atoms with van der Waals surface area (Å²) >= 11 is 0. The van der Waals surface area contributed by atoms with Crippen molar-refractivity contribution in [3.8, 4) is 17.2 Å². The van der Waals surface area contributed by atoms with Crippen LogP contribution in [0, 0.1) is 5.82 Å². The Morgan fingerprint density at radius 1 is 1.28 bits per heavy atom. The predicted octanol–water partition coefficient (Wildman–Crippen LogP) is 3.50. The topological polar surface area (TPSA) is 101 Å². The fourth-order valence-electron chi connectivity index (χ4n) is 3.67. The van der Waals surface area contributed by atoms with Crippen molar-refractivity contribution in [2.75, 3.05) is 12.4 Å². The third kappa shape index (κ3) is 3.18. The number of hydrogen-bond donors (Lipinski definition) is 3. The molecule has 0 bridgehead atoms. The van der Waals surface area contributed by atoms with Gasteiger partial charge in [-0.1, -0.05) is 12.1 Å².